The molecule has 21 heteroatoms. The van der Waals surface area contributed by atoms with Crippen LogP contribution in [-0.4, -0.2) is 65.4 Å². The predicted octanol–water partition coefficient (Wildman–Crippen LogP) is 3.18. The number of carbonyl (C=O) groups is 2. The van der Waals surface area contributed by atoms with Crippen molar-refractivity contribution in [2.45, 2.75) is 14.7 Å². The molecule has 3 aromatic carbocycles. The highest BCUT2D eigenvalue weighted by Crippen LogP contribution is 2.38. The van der Waals surface area contributed by atoms with Crippen molar-refractivity contribution in [1.82, 2.24) is 15.0 Å². The third-order valence-electron chi connectivity index (χ3n) is 6.02. The molecule has 0 amide bonds. The number of nitrogens with one attached hydrogen (secondary N) is 2. The summed E-state index contributed by atoms with van der Waals surface area (Å²) in [6, 6.07) is 7.57. The lowest BCUT2D eigenvalue weighted by Crippen LogP contribution is -2.25. The molecule has 0 saturated heterocycles. The van der Waals surface area contributed by atoms with Crippen molar-refractivity contribution in [3.05, 3.63) is 81.4 Å². The fraction of sp³-hybridized carbons (Fsp3) is 0. The van der Waals surface area contributed by atoms with Crippen molar-refractivity contribution < 1.29 is 48.5 Å². The van der Waals surface area contributed by atoms with E-state index in [-0.39, 0.29) is 27.9 Å². The first-order chi connectivity index (χ1) is 20.3. The summed E-state index contributed by atoms with van der Waals surface area (Å²) < 4.78 is 102. The van der Waals surface area contributed by atoms with Crippen LogP contribution in [0.1, 0.15) is 31.8 Å². The van der Waals surface area contributed by atoms with Gasteiger partial charge in [0.15, 0.2) is 11.6 Å². The van der Waals surface area contributed by atoms with Crippen LogP contribution in [0, 0.1) is 0 Å². The summed E-state index contributed by atoms with van der Waals surface area (Å²) in [5.74, 6) is -2.47. The molecule has 16 nitrogen and oxygen atoms in total. The summed E-state index contributed by atoms with van der Waals surface area (Å²) in [5, 5.41) is 4.35. The van der Waals surface area contributed by atoms with Crippen molar-refractivity contribution in [3.63, 3.8) is 0 Å². The van der Waals surface area contributed by atoms with Crippen LogP contribution in [0.2, 0.25) is 10.6 Å². The Morgan fingerprint density at radius 3 is 1.84 bits per heavy atom. The molecule has 1 heterocycles. The van der Waals surface area contributed by atoms with Gasteiger partial charge in [-0.2, -0.15) is 40.2 Å². The van der Waals surface area contributed by atoms with Gasteiger partial charge in [-0.25, -0.2) is 0 Å². The lowest BCUT2D eigenvalue weighted by molar-refractivity contribution is 0.0977. The Labute approximate surface area is 257 Å². The number of halogens is 2. The van der Waals surface area contributed by atoms with Crippen LogP contribution in [0.3, 0.4) is 0 Å². The van der Waals surface area contributed by atoms with Crippen LogP contribution in [0.4, 0.5) is 23.0 Å². The highest BCUT2D eigenvalue weighted by molar-refractivity contribution is 7.86. The predicted molar refractivity (Wildman–Crippen MR) is 152 cm³/mol. The molecule has 228 valence electrons. The largest absolute Gasteiger partial charge is 0.355 e. The number of anilines is 4. The van der Waals surface area contributed by atoms with Gasteiger partial charge in [-0.05, 0) is 59.6 Å². The summed E-state index contributed by atoms with van der Waals surface area (Å²) in [6.45, 7) is 0. The van der Waals surface area contributed by atoms with E-state index >= 15 is 0 Å². The summed E-state index contributed by atoms with van der Waals surface area (Å²) in [7, 11) is -15.0. The lowest BCUT2D eigenvalue weighted by Gasteiger charge is -2.23. The zero-order valence-corrected chi connectivity index (χ0v) is 25.0. The van der Waals surface area contributed by atoms with E-state index in [0.717, 1.165) is 36.4 Å². The van der Waals surface area contributed by atoms with Crippen LogP contribution >= 0.6 is 23.2 Å². The van der Waals surface area contributed by atoms with E-state index in [9.17, 15) is 48.5 Å². The normalized spacial score (nSPS) is 13.3. The first-order valence-electron chi connectivity index (χ1n) is 11.4. The molecule has 0 spiro atoms. The molecule has 44 heavy (non-hydrogen) atoms. The highest BCUT2D eigenvalue weighted by atomic mass is 35.5. The van der Waals surface area contributed by atoms with Crippen molar-refractivity contribution in [2.24, 2.45) is 0 Å². The van der Waals surface area contributed by atoms with Gasteiger partial charge < -0.3 is 10.6 Å². The average Bonchev–Trinajstić information content (AvgIpc) is 2.89. The smallest absolute Gasteiger partial charge is 0.296 e. The Morgan fingerprint density at radius 1 is 0.614 bits per heavy atom. The van der Waals surface area contributed by atoms with Gasteiger partial charge in [0.25, 0.3) is 30.4 Å². The maximum atomic E-state index is 13.7. The molecule has 1 aliphatic carbocycles. The maximum Gasteiger partial charge on any atom is 0.296 e. The number of rotatable bonds is 7. The van der Waals surface area contributed by atoms with Gasteiger partial charge in [0.2, 0.25) is 16.5 Å². The minimum absolute atomic E-state index is 0.223. The molecular weight excluding hydrogens is 689 g/mol. The molecule has 0 bridgehead atoms. The third-order valence-corrected chi connectivity index (χ3v) is 8.98. The summed E-state index contributed by atoms with van der Waals surface area (Å²) in [4.78, 5) is 35.5. The first kappa shape index (κ1) is 31.3. The zero-order valence-electron chi connectivity index (χ0n) is 21.0. The Bertz CT molecular complexity index is 2260. The molecule has 1 aromatic heterocycles. The Balaban J connectivity index is 1.68. The van der Waals surface area contributed by atoms with E-state index < -0.39 is 84.5 Å². The van der Waals surface area contributed by atoms with Crippen LogP contribution in [-0.2, 0) is 30.4 Å². The fourth-order valence-corrected chi connectivity index (χ4v) is 6.58. The molecule has 0 fully saturated rings. The average molecular weight is 702 g/mol. The van der Waals surface area contributed by atoms with Crippen LogP contribution in [0.5, 0.6) is 0 Å². The van der Waals surface area contributed by atoms with Gasteiger partial charge in [0.05, 0.1) is 27.4 Å². The van der Waals surface area contributed by atoms with E-state index in [1.165, 1.54) is 6.07 Å². The second kappa shape index (κ2) is 10.8. The summed E-state index contributed by atoms with van der Waals surface area (Å²) in [6.07, 6.45) is 0. The highest BCUT2D eigenvalue weighted by Gasteiger charge is 2.37. The molecule has 0 unspecified atom stereocenters. The number of nitrogens with zero attached hydrogens (tertiary/aromatic N) is 3. The number of ketones is 2. The fourth-order valence-electron chi connectivity index (χ4n) is 4.30. The van der Waals surface area contributed by atoms with Crippen molar-refractivity contribution in [3.8, 4) is 0 Å². The van der Waals surface area contributed by atoms with Crippen molar-refractivity contribution in [1.29, 1.82) is 0 Å². The van der Waals surface area contributed by atoms with E-state index in [2.05, 4.69) is 25.6 Å². The number of fused-ring (bicyclic) bond motifs is 2. The second-order valence-electron chi connectivity index (χ2n) is 8.81. The Hall–Kier alpha value is -4.08. The van der Waals surface area contributed by atoms with E-state index in [0.29, 0.717) is 6.07 Å². The number of hydrogen-bond acceptors (Lipinski definition) is 13. The van der Waals surface area contributed by atoms with Crippen molar-refractivity contribution >= 4 is 88.1 Å². The molecule has 5 N–H and O–H groups in total. The molecule has 4 aromatic rings. The van der Waals surface area contributed by atoms with Crippen LogP contribution in [0.15, 0.2) is 63.2 Å². The van der Waals surface area contributed by atoms with E-state index in [4.69, 9.17) is 23.2 Å². The summed E-state index contributed by atoms with van der Waals surface area (Å²) in [5.41, 5.74) is -3.34. The molecule has 5 rings (SSSR count). The van der Waals surface area contributed by atoms with Gasteiger partial charge in [0, 0.05) is 16.8 Å². The minimum Gasteiger partial charge on any atom is -0.355 e. The first-order valence-corrected chi connectivity index (χ1v) is 16.5. The molecule has 0 aliphatic heterocycles. The monoisotopic (exact) mass is 701 g/mol. The molecular formula is C23H13Cl2N5O11S3. The number of benzene rings is 3. The molecule has 0 saturated carbocycles. The van der Waals surface area contributed by atoms with Gasteiger partial charge >= 0.3 is 0 Å². The standard InChI is InChI=1S/C23H13Cl2N5O11S3/c24-21-28-22(25)30-23(29-21)27-13-5-4-9(6-16(13)44(39,40)41)26-14-8-10(42(33,34)35)7-12-17(14)20(32)18-11(19(12)31)2-1-3-15(18)43(36,37)38/h1-8,26H,(H,33,34,35)(H,36,37,38)(H,39,40,41)(H,27,28,29,30). The van der Waals surface area contributed by atoms with E-state index in [1.807, 2.05) is 0 Å². The summed E-state index contributed by atoms with van der Waals surface area (Å²) >= 11 is 11.5. The zero-order chi connectivity index (χ0) is 32.4. The molecule has 1 aliphatic rings. The third kappa shape index (κ3) is 5.99. The Kier molecular flexibility index (Phi) is 7.71. The van der Waals surface area contributed by atoms with E-state index in [1.54, 1.807) is 0 Å². The van der Waals surface area contributed by atoms with Crippen LogP contribution < -0.4 is 10.6 Å². The number of carbonyl (C=O) groups excluding carboxylic acids is 2. The van der Waals surface area contributed by atoms with Gasteiger partial charge in [-0.1, -0.05) is 12.1 Å². The quantitative estimate of drug-likeness (QED) is 0.153. The SMILES string of the molecule is O=C1c2cc(S(=O)(=O)O)cc(Nc3ccc(Nc4nc(Cl)nc(Cl)n4)c(S(=O)(=O)O)c3)c2C(=O)c2c1cccc2S(=O)(=O)O. The Morgan fingerprint density at radius 2 is 1.25 bits per heavy atom. The van der Waals surface area contributed by atoms with Gasteiger partial charge in [0.1, 0.15) is 9.79 Å². The molecule has 0 radical (unpaired) electrons. The number of aromatic nitrogens is 3. The maximum absolute atomic E-state index is 13.7. The number of hydrogen-bond donors (Lipinski definition) is 5. The minimum atomic E-state index is -5.03. The van der Waals surface area contributed by atoms with Gasteiger partial charge in [-0.15, -0.1) is 0 Å². The van der Waals surface area contributed by atoms with Crippen molar-refractivity contribution in [2.75, 3.05) is 10.6 Å². The molecule has 0 atom stereocenters. The van der Waals surface area contributed by atoms with Crippen LogP contribution in [0.25, 0.3) is 0 Å². The lowest BCUT2D eigenvalue weighted by atomic mass is 9.83. The van der Waals surface area contributed by atoms with Gasteiger partial charge in [-0.3, -0.25) is 23.2 Å². The second-order valence-corrected chi connectivity index (χ2v) is 13.7. The topological polar surface area (TPSA) is 260 Å².